The zero-order valence-electron chi connectivity index (χ0n) is 18.2. The molecule has 4 fully saturated rings. The Morgan fingerprint density at radius 1 is 1.03 bits per heavy atom. The van der Waals surface area contributed by atoms with E-state index in [1.54, 1.807) is 11.1 Å². The van der Waals surface area contributed by atoms with Gasteiger partial charge >= 0.3 is 0 Å². The lowest BCUT2D eigenvalue weighted by Gasteiger charge is -2.56. The van der Waals surface area contributed by atoms with Crippen LogP contribution in [0.15, 0.2) is 24.9 Å². The quantitative estimate of drug-likeness (QED) is 0.797. The monoisotopic (exact) mass is 432 g/mol. The number of aromatic nitrogens is 4. The summed E-state index contributed by atoms with van der Waals surface area (Å²) in [5.41, 5.74) is 2.25. The summed E-state index contributed by atoms with van der Waals surface area (Å²) < 4.78 is 0. The van der Waals surface area contributed by atoms with Crippen LogP contribution in [0.3, 0.4) is 0 Å². The number of fused-ring (bicyclic) bond motifs is 1. The maximum absolute atomic E-state index is 13.1. The van der Waals surface area contributed by atoms with E-state index in [2.05, 4.69) is 25.3 Å². The number of hydrogen-bond donors (Lipinski definition) is 1. The fourth-order valence-corrected chi connectivity index (χ4v) is 7.23. The Balaban J connectivity index is 1.15. The van der Waals surface area contributed by atoms with Crippen molar-refractivity contribution in [3.8, 4) is 0 Å². The van der Waals surface area contributed by atoms with Gasteiger partial charge in [-0.2, -0.15) is 0 Å². The van der Waals surface area contributed by atoms with Crippen molar-refractivity contribution in [1.29, 1.82) is 0 Å². The fourth-order valence-electron chi connectivity index (χ4n) is 7.23. The van der Waals surface area contributed by atoms with Crippen LogP contribution in [0, 0.1) is 23.2 Å². The van der Waals surface area contributed by atoms with Gasteiger partial charge in [-0.1, -0.05) is 0 Å². The number of carbonyl (C=O) groups excluding carboxylic acids is 2. The third-order valence-electron chi connectivity index (χ3n) is 8.03. The van der Waals surface area contributed by atoms with E-state index >= 15 is 0 Å². The standard InChI is InChI=1S/C24H28N6O2/c31-21(11-24-8-15-5-16(9-24)7-17(6-15)10-24)29-22-18-1-4-30(13-20(18)27-14-28-22)23(32)19-12-25-2-3-26-19/h2-3,12,14-17H,1,4-11,13H2,(H,27,28,29,31). The maximum Gasteiger partial charge on any atom is 0.274 e. The van der Waals surface area contributed by atoms with Gasteiger partial charge < -0.3 is 10.2 Å². The molecule has 0 saturated heterocycles. The second kappa shape index (κ2) is 7.60. The molecule has 0 unspecified atom stereocenters. The van der Waals surface area contributed by atoms with E-state index in [0.29, 0.717) is 37.4 Å². The van der Waals surface area contributed by atoms with Crippen LogP contribution < -0.4 is 5.32 Å². The predicted octanol–water partition coefficient (Wildman–Crippen LogP) is 3.01. The van der Waals surface area contributed by atoms with Gasteiger partial charge in [0.15, 0.2) is 0 Å². The molecule has 4 saturated carbocycles. The molecule has 2 aromatic rings. The lowest BCUT2D eigenvalue weighted by molar-refractivity contribution is -0.124. The van der Waals surface area contributed by atoms with Crippen molar-refractivity contribution in [3.63, 3.8) is 0 Å². The Bertz CT molecular complexity index is 1020. The molecule has 2 aromatic heterocycles. The van der Waals surface area contributed by atoms with E-state index in [9.17, 15) is 9.59 Å². The molecule has 3 heterocycles. The Morgan fingerprint density at radius 2 is 1.78 bits per heavy atom. The SMILES string of the molecule is O=C(CC12CC3CC(CC(C3)C1)C2)Nc1ncnc2c1CCN(C(=O)c1cnccn1)C2. The molecule has 4 bridgehead atoms. The van der Waals surface area contributed by atoms with E-state index in [4.69, 9.17) is 0 Å². The average Bonchev–Trinajstić information content (AvgIpc) is 2.77. The number of nitrogens with zero attached hydrogens (tertiary/aromatic N) is 5. The van der Waals surface area contributed by atoms with Crippen molar-refractivity contribution in [2.75, 3.05) is 11.9 Å². The Labute approximate surface area is 187 Å². The van der Waals surface area contributed by atoms with Crippen LogP contribution in [-0.4, -0.2) is 43.2 Å². The van der Waals surface area contributed by atoms with Crippen molar-refractivity contribution in [3.05, 3.63) is 41.9 Å². The van der Waals surface area contributed by atoms with Gasteiger partial charge in [0.05, 0.1) is 18.4 Å². The summed E-state index contributed by atoms with van der Waals surface area (Å²) >= 11 is 0. The number of carbonyl (C=O) groups is 2. The van der Waals surface area contributed by atoms with Gasteiger partial charge in [0.25, 0.3) is 5.91 Å². The highest BCUT2D eigenvalue weighted by Crippen LogP contribution is 2.61. The summed E-state index contributed by atoms with van der Waals surface area (Å²) in [6.07, 6.45) is 15.0. The zero-order chi connectivity index (χ0) is 21.7. The van der Waals surface area contributed by atoms with Crippen LogP contribution in [0.5, 0.6) is 0 Å². The van der Waals surface area contributed by atoms with Crippen LogP contribution in [0.25, 0.3) is 0 Å². The highest BCUT2D eigenvalue weighted by atomic mass is 16.2. The number of amides is 2. The smallest absolute Gasteiger partial charge is 0.274 e. The Kier molecular flexibility index (Phi) is 4.69. The summed E-state index contributed by atoms with van der Waals surface area (Å²) in [4.78, 5) is 44.4. The lowest BCUT2D eigenvalue weighted by Crippen LogP contribution is -2.47. The molecule has 7 rings (SSSR count). The van der Waals surface area contributed by atoms with Gasteiger partial charge in [-0.3, -0.25) is 14.6 Å². The second-order valence-corrected chi connectivity index (χ2v) is 10.4. The van der Waals surface area contributed by atoms with Crippen molar-refractivity contribution < 1.29 is 9.59 Å². The molecule has 8 nitrogen and oxygen atoms in total. The minimum atomic E-state index is -0.158. The van der Waals surface area contributed by atoms with E-state index in [-0.39, 0.29) is 17.2 Å². The van der Waals surface area contributed by atoms with Crippen molar-refractivity contribution in [2.24, 2.45) is 23.2 Å². The number of nitrogens with one attached hydrogen (secondary N) is 1. The molecular formula is C24H28N6O2. The van der Waals surface area contributed by atoms with Gasteiger partial charge in [-0.25, -0.2) is 15.0 Å². The molecule has 0 radical (unpaired) electrons. The molecule has 2 amide bonds. The van der Waals surface area contributed by atoms with Gasteiger partial charge in [-0.15, -0.1) is 0 Å². The predicted molar refractivity (Wildman–Crippen MR) is 116 cm³/mol. The van der Waals surface area contributed by atoms with Gasteiger partial charge in [0, 0.05) is 30.9 Å². The van der Waals surface area contributed by atoms with E-state index in [1.807, 2.05) is 0 Å². The van der Waals surface area contributed by atoms with Gasteiger partial charge in [0.2, 0.25) is 5.91 Å². The van der Waals surface area contributed by atoms with Gasteiger partial charge in [0.1, 0.15) is 17.8 Å². The molecule has 32 heavy (non-hydrogen) atoms. The van der Waals surface area contributed by atoms with E-state index in [0.717, 1.165) is 29.0 Å². The first-order valence-corrected chi connectivity index (χ1v) is 11.7. The summed E-state index contributed by atoms with van der Waals surface area (Å²) in [5.74, 6) is 3.02. The first-order valence-electron chi connectivity index (χ1n) is 11.7. The third-order valence-corrected chi connectivity index (χ3v) is 8.03. The van der Waals surface area contributed by atoms with Crippen LogP contribution in [0.4, 0.5) is 5.82 Å². The van der Waals surface area contributed by atoms with Crippen LogP contribution in [-0.2, 0) is 17.8 Å². The van der Waals surface area contributed by atoms with Crippen LogP contribution in [0.2, 0.25) is 0 Å². The molecule has 0 atom stereocenters. The molecule has 1 N–H and O–H groups in total. The van der Waals surface area contributed by atoms with E-state index < -0.39 is 0 Å². The molecule has 4 aliphatic carbocycles. The van der Waals surface area contributed by atoms with Crippen molar-refractivity contribution in [2.45, 2.75) is 57.9 Å². The molecule has 5 aliphatic rings. The van der Waals surface area contributed by atoms with Crippen molar-refractivity contribution in [1.82, 2.24) is 24.8 Å². The first kappa shape index (κ1) is 19.8. The normalized spacial score (nSPS) is 30.1. The van der Waals surface area contributed by atoms with Crippen LogP contribution >= 0.6 is 0 Å². The Hall–Kier alpha value is -2.90. The molecule has 8 heteroatoms. The fraction of sp³-hybridized carbons (Fsp3) is 0.583. The molecule has 0 aromatic carbocycles. The first-order chi connectivity index (χ1) is 15.6. The molecule has 1 aliphatic heterocycles. The summed E-state index contributed by atoms with van der Waals surface area (Å²) in [6, 6.07) is 0. The Morgan fingerprint density at radius 3 is 2.47 bits per heavy atom. The third kappa shape index (κ3) is 3.55. The molecular weight excluding hydrogens is 404 g/mol. The van der Waals surface area contributed by atoms with E-state index in [1.165, 1.54) is 57.2 Å². The van der Waals surface area contributed by atoms with Crippen LogP contribution in [0.1, 0.15) is 66.7 Å². The topological polar surface area (TPSA) is 101 Å². The van der Waals surface area contributed by atoms with Gasteiger partial charge in [-0.05, 0) is 68.1 Å². The van der Waals surface area contributed by atoms with Crippen molar-refractivity contribution >= 4 is 17.6 Å². The highest BCUT2D eigenvalue weighted by Gasteiger charge is 2.51. The summed E-state index contributed by atoms with van der Waals surface area (Å²) in [7, 11) is 0. The second-order valence-electron chi connectivity index (χ2n) is 10.4. The largest absolute Gasteiger partial charge is 0.331 e. The maximum atomic E-state index is 13.1. The molecule has 166 valence electrons. The molecule has 0 spiro atoms. The zero-order valence-corrected chi connectivity index (χ0v) is 18.2. The highest BCUT2D eigenvalue weighted by molar-refractivity contribution is 5.93. The number of anilines is 1. The summed E-state index contributed by atoms with van der Waals surface area (Å²) in [6.45, 7) is 0.915. The number of rotatable bonds is 4. The lowest BCUT2D eigenvalue weighted by atomic mass is 9.49. The average molecular weight is 433 g/mol. The minimum absolute atomic E-state index is 0.0749. The number of hydrogen-bond acceptors (Lipinski definition) is 6. The summed E-state index contributed by atoms with van der Waals surface area (Å²) in [5, 5.41) is 3.10. The minimum Gasteiger partial charge on any atom is -0.331 e.